The number of rotatable bonds is 6. The topological polar surface area (TPSA) is 62.5 Å². The molecule has 2 rings (SSSR count). The minimum atomic E-state index is -0.477. The number of aliphatic hydroxyl groups excluding tert-OH is 1. The van der Waals surface area contributed by atoms with Gasteiger partial charge in [-0.05, 0) is 36.6 Å². The minimum Gasteiger partial charge on any atom is -0.467 e. The Balaban J connectivity index is 1.88. The van der Waals surface area contributed by atoms with Crippen molar-refractivity contribution in [3.05, 3.63) is 59.5 Å². The SMILES string of the molecule is Cc1ccccc1CCC(=O)NC(CO)c1ccco1. The number of hydrogen-bond donors (Lipinski definition) is 2. The van der Waals surface area contributed by atoms with Crippen LogP contribution in [0.3, 0.4) is 0 Å². The molecular weight excluding hydrogens is 254 g/mol. The van der Waals surface area contributed by atoms with Gasteiger partial charge in [-0.1, -0.05) is 24.3 Å². The van der Waals surface area contributed by atoms with Crippen LogP contribution in [0.5, 0.6) is 0 Å². The lowest BCUT2D eigenvalue weighted by Crippen LogP contribution is -2.30. The summed E-state index contributed by atoms with van der Waals surface area (Å²) in [4.78, 5) is 11.9. The lowest BCUT2D eigenvalue weighted by Gasteiger charge is -2.14. The Hall–Kier alpha value is -2.07. The molecule has 106 valence electrons. The van der Waals surface area contributed by atoms with Crippen molar-refractivity contribution in [1.82, 2.24) is 5.32 Å². The number of aliphatic hydroxyl groups is 1. The second kappa shape index (κ2) is 6.91. The molecule has 1 atom stereocenters. The lowest BCUT2D eigenvalue weighted by molar-refractivity contribution is -0.122. The molecule has 0 saturated carbocycles. The Morgan fingerprint density at radius 1 is 1.30 bits per heavy atom. The summed E-state index contributed by atoms with van der Waals surface area (Å²) in [5.74, 6) is 0.473. The number of carbonyl (C=O) groups is 1. The Labute approximate surface area is 118 Å². The number of benzene rings is 1. The highest BCUT2D eigenvalue weighted by molar-refractivity contribution is 5.76. The van der Waals surface area contributed by atoms with Crippen molar-refractivity contribution in [2.45, 2.75) is 25.8 Å². The first-order chi connectivity index (χ1) is 9.70. The van der Waals surface area contributed by atoms with Gasteiger partial charge in [-0.2, -0.15) is 0 Å². The van der Waals surface area contributed by atoms with Crippen LogP contribution in [0, 0.1) is 6.92 Å². The largest absolute Gasteiger partial charge is 0.467 e. The molecule has 1 amide bonds. The van der Waals surface area contributed by atoms with E-state index in [1.807, 2.05) is 31.2 Å². The predicted molar refractivity (Wildman–Crippen MR) is 76.2 cm³/mol. The summed E-state index contributed by atoms with van der Waals surface area (Å²) in [6, 6.07) is 11.0. The van der Waals surface area contributed by atoms with Gasteiger partial charge in [-0.15, -0.1) is 0 Å². The van der Waals surface area contributed by atoms with Gasteiger partial charge in [0.25, 0.3) is 0 Å². The van der Waals surface area contributed by atoms with E-state index in [9.17, 15) is 9.90 Å². The lowest BCUT2D eigenvalue weighted by atomic mass is 10.0. The molecule has 1 aromatic heterocycles. The molecule has 4 nitrogen and oxygen atoms in total. The molecule has 2 N–H and O–H groups in total. The van der Waals surface area contributed by atoms with E-state index in [0.29, 0.717) is 18.6 Å². The number of amides is 1. The van der Waals surface area contributed by atoms with E-state index in [2.05, 4.69) is 5.32 Å². The third-order valence-corrected chi connectivity index (χ3v) is 3.29. The fraction of sp³-hybridized carbons (Fsp3) is 0.312. The van der Waals surface area contributed by atoms with Crippen molar-refractivity contribution in [3.8, 4) is 0 Å². The first kappa shape index (κ1) is 14.3. The number of aryl methyl sites for hydroxylation is 2. The predicted octanol–water partition coefficient (Wildman–Crippen LogP) is 2.37. The quantitative estimate of drug-likeness (QED) is 0.849. The first-order valence-electron chi connectivity index (χ1n) is 6.69. The van der Waals surface area contributed by atoms with Gasteiger partial charge in [-0.25, -0.2) is 0 Å². The molecule has 2 aromatic rings. The minimum absolute atomic E-state index is 0.0938. The van der Waals surface area contributed by atoms with E-state index in [1.54, 1.807) is 12.1 Å². The number of furan rings is 1. The summed E-state index contributed by atoms with van der Waals surface area (Å²) >= 11 is 0. The third kappa shape index (κ3) is 3.71. The highest BCUT2D eigenvalue weighted by atomic mass is 16.3. The van der Waals surface area contributed by atoms with Gasteiger partial charge < -0.3 is 14.8 Å². The van der Waals surface area contributed by atoms with Crippen LogP contribution < -0.4 is 5.32 Å². The van der Waals surface area contributed by atoms with Gasteiger partial charge in [0.05, 0.1) is 12.9 Å². The molecule has 0 aliphatic rings. The number of nitrogens with one attached hydrogen (secondary N) is 1. The zero-order valence-electron chi connectivity index (χ0n) is 11.5. The van der Waals surface area contributed by atoms with Crippen molar-refractivity contribution in [3.63, 3.8) is 0 Å². The summed E-state index contributed by atoms with van der Waals surface area (Å²) in [7, 11) is 0. The van der Waals surface area contributed by atoms with E-state index in [-0.39, 0.29) is 12.5 Å². The number of carbonyl (C=O) groups excluding carboxylic acids is 1. The molecule has 4 heteroatoms. The molecule has 0 spiro atoms. The average Bonchev–Trinajstić information content (AvgIpc) is 2.98. The van der Waals surface area contributed by atoms with Crippen LogP contribution in [0.25, 0.3) is 0 Å². The van der Waals surface area contributed by atoms with E-state index >= 15 is 0 Å². The Morgan fingerprint density at radius 3 is 2.75 bits per heavy atom. The Kier molecular flexibility index (Phi) is 4.96. The maximum absolute atomic E-state index is 11.9. The molecule has 1 unspecified atom stereocenters. The van der Waals surface area contributed by atoms with E-state index < -0.39 is 6.04 Å². The van der Waals surface area contributed by atoms with Crippen LogP contribution in [-0.4, -0.2) is 17.6 Å². The molecule has 0 aliphatic carbocycles. The van der Waals surface area contributed by atoms with Crippen LogP contribution in [0.1, 0.15) is 29.3 Å². The van der Waals surface area contributed by atoms with Crippen LogP contribution in [0.4, 0.5) is 0 Å². The summed E-state index contributed by atoms with van der Waals surface area (Å²) in [5.41, 5.74) is 2.35. The normalized spacial score (nSPS) is 12.1. The standard InChI is InChI=1S/C16H19NO3/c1-12-5-2-3-6-13(12)8-9-16(19)17-14(11-18)15-7-4-10-20-15/h2-7,10,14,18H,8-9,11H2,1H3,(H,17,19). The van der Waals surface area contributed by atoms with Crippen LogP contribution in [0.15, 0.2) is 47.1 Å². The van der Waals surface area contributed by atoms with Gasteiger partial charge in [-0.3, -0.25) is 4.79 Å². The molecular formula is C16H19NO3. The van der Waals surface area contributed by atoms with Gasteiger partial charge in [0.1, 0.15) is 11.8 Å². The molecule has 0 aliphatic heterocycles. The number of hydrogen-bond acceptors (Lipinski definition) is 3. The highest BCUT2D eigenvalue weighted by Gasteiger charge is 2.15. The zero-order chi connectivity index (χ0) is 14.4. The molecule has 1 aromatic carbocycles. The van der Waals surface area contributed by atoms with Crippen molar-refractivity contribution < 1.29 is 14.3 Å². The molecule has 0 fully saturated rings. The van der Waals surface area contributed by atoms with Gasteiger partial charge >= 0.3 is 0 Å². The fourth-order valence-electron chi connectivity index (χ4n) is 2.10. The van der Waals surface area contributed by atoms with E-state index in [1.165, 1.54) is 17.4 Å². The summed E-state index contributed by atoms with van der Waals surface area (Å²) in [5, 5.41) is 12.1. The molecule has 0 radical (unpaired) electrons. The fourth-order valence-corrected chi connectivity index (χ4v) is 2.10. The summed E-state index contributed by atoms with van der Waals surface area (Å²) < 4.78 is 5.19. The van der Waals surface area contributed by atoms with E-state index in [4.69, 9.17) is 4.42 Å². The first-order valence-corrected chi connectivity index (χ1v) is 6.69. The Bertz CT molecular complexity index is 549. The highest BCUT2D eigenvalue weighted by Crippen LogP contribution is 2.14. The summed E-state index contributed by atoms with van der Waals surface area (Å²) in [6.45, 7) is 1.86. The Morgan fingerprint density at radius 2 is 2.10 bits per heavy atom. The second-order valence-electron chi connectivity index (χ2n) is 4.74. The van der Waals surface area contributed by atoms with Gasteiger partial charge in [0.15, 0.2) is 0 Å². The average molecular weight is 273 g/mol. The van der Waals surface area contributed by atoms with E-state index in [0.717, 1.165) is 0 Å². The smallest absolute Gasteiger partial charge is 0.220 e. The maximum Gasteiger partial charge on any atom is 0.220 e. The van der Waals surface area contributed by atoms with Crippen molar-refractivity contribution >= 4 is 5.91 Å². The molecule has 0 bridgehead atoms. The van der Waals surface area contributed by atoms with Crippen molar-refractivity contribution in [2.24, 2.45) is 0 Å². The summed E-state index contributed by atoms with van der Waals surface area (Å²) in [6.07, 6.45) is 2.61. The molecule has 20 heavy (non-hydrogen) atoms. The van der Waals surface area contributed by atoms with Crippen molar-refractivity contribution in [2.75, 3.05) is 6.61 Å². The van der Waals surface area contributed by atoms with Crippen LogP contribution in [-0.2, 0) is 11.2 Å². The maximum atomic E-state index is 11.9. The third-order valence-electron chi connectivity index (χ3n) is 3.29. The van der Waals surface area contributed by atoms with Gasteiger partial charge in [0.2, 0.25) is 5.91 Å². The van der Waals surface area contributed by atoms with Crippen LogP contribution in [0.2, 0.25) is 0 Å². The van der Waals surface area contributed by atoms with Crippen LogP contribution >= 0.6 is 0 Å². The molecule has 1 heterocycles. The monoisotopic (exact) mass is 273 g/mol. The molecule has 0 saturated heterocycles. The second-order valence-corrected chi connectivity index (χ2v) is 4.74. The van der Waals surface area contributed by atoms with Gasteiger partial charge in [0, 0.05) is 6.42 Å². The van der Waals surface area contributed by atoms with Crippen molar-refractivity contribution in [1.29, 1.82) is 0 Å². The zero-order valence-corrected chi connectivity index (χ0v) is 11.5.